The van der Waals surface area contributed by atoms with Crippen molar-refractivity contribution in [1.82, 2.24) is 14.9 Å². The minimum atomic E-state index is 0.137. The molecule has 0 bridgehead atoms. The molecule has 1 amide bonds. The van der Waals surface area contributed by atoms with Gasteiger partial charge in [0.05, 0.1) is 32.0 Å². The molecule has 1 aliphatic heterocycles. The molecule has 6 heteroatoms. The third kappa shape index (κ3) is 4.68. The number of ether oxygens (including phenoxy) is 2. The number of amides is 1. The standard InChI is InChI=1S/C25H27N3O3/c1-30-20-11-9-18(10-12-20)16-23(29)28-15-5-6-19(17-28)24-25(27-14-13-26-24)21-7-3-4-8-22(21)31-2/h3-4,7-14,19H,5-6,15-17H2,1-2H3/t19-/m0/s1. The van der Waals surface area contributed by atoms with Gasteiger partial charge in [-0.1, -0.05) is 24.3 Å². The third-order valence-corrected chi connectivity index (χ3v) is 5.76. The molecule has 1 aliphatic rings. The van der Waals surface area contributed by atoms with Crippen molar-refractivity contribution < 1.29 is 14.3 Å². The van der Waals surface area contributed by atoms with Crippen LogP contribution >= 0.6 is 0 Å². The van der Waals surface area contributed by atoms with Crippen LogP contribution in [-0.2, 0) is 11.2 Å². The van der Waals surface area contributed by atoms with Gasteiger partial charge >= 0.3 is 0 Å². The first-order valence-electron chi connectivity index (χ1n) is 10.5. The van der Waals surface area contributed by atoms with Gasteiger partial charge in [-0.15, -0.1) is 0 Å². The van der Waals surface area contributed by atoms with Gasteiger partial charge in [0.25, 0.3) is 0 Å². The van der Waals surface area contributed by atoms with Crippen LogP contribution < -0.4 is 9.47 Å². The summed E-state index contributed by atoms with van der Waals surface area (Å²) in [5, 5.41) is 0. The zero-order chi connectivity index (χ0) is 21.6. The molecule has 0 N–H and O–H groups in total. The number of rotatable bonds is 6. The van der Waals surface area contributed by atoms with E-state index in [9.17, 15) is 4.79 Å². The van der Waals surface area contributed by atoms with E-state index in [2.05, 4.69) is 9.97 Å². The van der Waals surface area contributed by atoms with Crippen LogP contribution in [0.1, 0.15) is 30.0 Å². The Morgan fingerprint density at radius 2 is 1.81 bits per heavy atom. The molecule has 0 aliphatic carbocycles. The fraction of sp³-hybridized carbons (Fsp3) is 0.320. The molecule has 0 radical (unpaired) electrons. The van der Waals surface area contributed by atoms with E-state index in [0.29, 0.717) is 13.0 Å². The quantitative estimate of drug-likeness (QED) is 0.604. The average Bonchev–Trinajstić information content (AvgIpc) is 2.84. The summed E-state index contributed by atoms with van der Waals surface area (Å²) in [7, 11) is 3.30. The summed E-state index contributed by atoms with van der Waals surface area (Å²) in [4.78, 5) is 24.3. The van der Waals surface area contributed by atoms with E-state index < -0.39 is 0 Å². The second kappa shape index (κ2) is 9.60. The number of hydrogen-bond donors (Lipinski definition) is 0. The SMILES string of the molecule is COc1ccc(CC(=O)N2CCC[C@H](c3nccnc3-c3ccccc3OC)C2)cc1. The molecule has 0 unspecified atom stereocenters. The second-order valence-electron chi connectivity index (χ2n) is 7.69. The first kappa shape index (κ1) is 20.8. The van der Waals surface area contributed by atoms with Crippen LogP contribution in [0.5, 0.6) is 11.5 Å². The van der Waals surface area contributed by atoms with Crippen LogP contribution in [0.4, 0.5) is 0 Å². The topological polar surface area (TPSA) is 64.5 Å². The fourth-order valence-corrected chi connectivity index (χ4v) is 4.15. The van der Waals surface area contributed by atoms with Crippen molar-refractivity contribution in [3.63, 3.8) is 0 Å². The Bertz CT molecular complexity index is 1040. The van der Waals surface area contributed by atoms with Gasteiger partial charge in [-0.25, -0.2) is 0 Å². The molecular formula is C25H27N3O3. The molecule has 160 valence electrons. The number of aromatic nitrogens is 2. The predicted molar refractivity (Wildman–Crippen MR) is 119 cm³/mol. The maximum atomic E-state index is 13.0. The van der Waals surface area contributed by atoms with Crippen LogP contribution in [0.25, 0.3) is 11.3 Å². The van der Waals surface area contributed by atoms with Crippen LogP contribution in [-0.4, -0.2) is 48.1 Å². The van der Waals surface area contributed by atoms with E-state index in [0.717, 1.165) is 53.4 Å². The molecule has 0 spiro atoms. The molecule has 2 heterocycles. The van der Waals surface area contributed by atoms with Gasteiger partial charge in [0.15, 0.2) is 0 Å². The van der Waals surface area contributed by atoms with Gasteiger partial charge < -0.3 is 14.4 Å². The molecule has 31 heavy (non-hydrogen) atoms. The third-order valence-electron chi connectivity index (χ3n) is 5.76. The van der Waals surface area contributed by atoms with Crippen LogP contribution in [0.15, 0.2) is 60.9 Å². The van der Waals surface area contributed by atoms with Gasteiger partial charge in [-0.3, -0.25) is 14.8 Å². The van der Waals surface area contributed by atoms with Crippen molar-refractivity contribution in [2.24, 2.45) is 0 Å². The van der Waals surface area contributed by atoms with E-state index in [1.54, 1.807) is 26.6 Å². The van der Waals surface area contributed by atoms with Crippen LogP contribution in [0, 0.1) is 0 Å². The number of carbonyl (C=O) groups is 1. The van der Waals surface area contributed by atoms with E-state index >= 15 is 0 Å². The van der Waals surface area contributed by atoms with Crippen LogP contribution in [0.2, 0.25) is 0 Å². The monoisotopic (exact) mass is 417 g/mol. The first-order chi connectivity index (χ1) is 15.2. The van der Waals surface area contributed by atoms with Crippen molar-refractivity contribution in [3.05, 3.63) is 72.2 Å². The summed E-state index contributed by atoms with van der Waals surface area (Å²) in [5.41, 5.74) is 3.67. The number of hydrogen-bond acceptors (Lipinski definition) is 5. The molecule has 2 aromatic carbocycles. The van der Waals surface area contributed by atoms with Crippen molar-refractivity contribution in [2.45, 2.75) is 25.2 Å². The Labute approximate surface area is 182 Å². The number of benzene rings is 2. The lowest BCUT2D eigenvalue weighted by molar-refractivity contribution is -0.131. The molecule has 1 atom stereocenters. The summed E-state index contributed by atoms with van der Waals surface area (Å²) < 4.78 is 10.7. The molecule has 1 aromatic heterocycles. The lowest BCUT2D eigenvalue weighted by Crippen LogP contribution is -2.40. The van der Waals surface area contributed by atoms with Crippen molar-refractivity contribution in [1.29, 1.82) is 0 Å². The maximum Gasteiger partial charge on any atom is 0.227 e. The van der Waals surface area contributed by atoms with Gasteiger partial charge in [-0.05, 0) is 42.7 Å². The summed E-state index contributed by atoms with van der Waals surface area (Å²) in [5.74, 6) is 1.84. The Kier molecular flexibility index (Phi) is 6.46. The number of nitrogens with zero attached hydrogens (tertiary/aromatic N) is 3. The Hall–Kier alpha value is -3.41. The number of piperidine rings is 1. The van der Waals surface area contributed by atoms with Crippen molar-refractivity contribution >= 4 is 5.91 Å². The number of carbonyl (C=O) groups excluding carboxylic acids is 1. The smallest absolute Gasteiger partial charge is 0.227 e. The minimum absolute atomic E-state index is 0.137. The highest BCUT2D eigenvalue weighted by atomic mass is 16.5. The zero-order valence-corrected chi connectivity index (χ0v) is 18.0. The summed E-state index contributed by atoms with van der Waals surface area (Å²) >= 11 is 0. The number of likely N-dealkylation sites (tertiary alicyclic amines) is 1. The molecule has 1 fully saturated rings. The van der Waals surface area contributed by atoms with Crippen molar-refractivity contribution in [2.75, 3.05) is 27.3 Å². The summed E-state index contributed by atoms with van der Waals surface area (Å²) in [6.45, 7) is 1.42. The van der Waals surface area contributed by atoms with E-state index in [1.165, 1.54) is 0 Å². The Balaban J connectivity index is 1.53. The maximum absolute atomic E-state index is 13.0. The Morgan fingerprint density at radius 1 is 1.03 bits per heavy atom. The lowest BCUT2D eigenvalue weighted by Gasteiger charge is -2.33. The van der Waals surface area contributed by atoms with Crippen LogP contribution in [0.3, 0.4) is 0 Å². The van der Waals surface area contributed by atoms with E-state index in [4.69, 9.17) is 9.47 Å². The average molecular weight is 418 g/mol. The van der Waals surface area contributed by atoms with Gasteiger partial charge in [0.2, 0.25) is 5.91 Å². The van der Waals surface area contributed by atoms with Gasteiger partial charge in [0, 0.05) is 37.0 Å². The Morgan fingerprint density at radius 3 is 2.58 bits per heavy atom. The highest BCUT2D eigenvalue weighted by Gasteiger charge is 2.28. The minimum Gasteiger partial charge on any atom is -0.497 e. The number of para-hydroxylation sites is 1. The normalized spacial score (nSPS) is 16.1. The van der Waals surface area contributed by atoms with E-state index in [1.807, 2.05) is 53.4 Å². The lowest BCUT2D eigenvalue weighted by atomic mass is 9.91. The van der Waals surface area contributed by atoms with E-state index in [-0.39, 0.29) is 11.8 Å². The van der Waals surface area contributed by atoms with Crippen molar-refractivity contribution in [3.8, 4) is 22.8 Å². The number of methoxy groups -OCH3 is 2. The first-order valence-corrected chi connectivity index (χ1v) is 10.5. The summed E-state index contributed by atoms with van der Waals surface area (Å²) in [6, 6.07) is 15.5. The fourth-order valence-electron chi connectivity index (χ4n) is 4.15. The zero-order valence-electron chi connectivity index (χ0n) is 18.0. The van der Waals surface area contributed by atoms with Gasteiger partial charge in [0.1, 0.15) is 11.5 Å². The molecule has 0 saturated carbocycles. The predicted octanol–water partition coefficient (Wildman–Crippen LogP) is 4.11. The molecule has 4 rings (SSSR count). The summed E-state index contributed by atoms with van der Waals surface area (Å²) in [6.07, 6.45) is 5.75. The molecular weight excluding hydrogens is 390 g/mol. The van der Waals surface area contributed by atoms with Gasteiger partial charge in [-0.2, -0.15) is 0 Å². The molecule has 3 aromatic rings. The highest BCUT2D eigenvalue weighted by molar-refractivity contribution is 5.79. The largest absolute Gasteiger partial charge is 0.497 e. The molecule has 1 saturated heterocycles. The highest BCUT2D eigenvalue weighted by Crippen LogP contribution is 2.35. The second-order valence-corrected chi connectivity index (χ2v) is 7.69. The molecule has 6 nitrogen and oxygen atoms in total.